The predicted octanol–water partition coefficient (Wildman–Crippen LogP) is 4.14. The Morgan fingerprint density at radius 2 is 1.82 bits per heavy atom. The standard InChI is InChI=1S/C12H16F3NS/c1-2-17-10-5-3-9(4-6-10)11(16)7-8-12(13,14)15/h3-6,11H,2,7-8,16H2,1H3/t11-/m0/s1. The van der Waals surface area contributed by atoms with E-state index in [2.05, 4.69) is 0 Å². The number of halogens is 3. The van der Waals surface area contributed by atoms with Crippen molar-refractivity contribution in [3.05, 3.63) is 29.8 Å². The van der Waals surface area contributed by atoms with E-state index in [4.69, 9.17) is 5.73 Å². The highest BCUT2D eigenvalue weighted by molar-refractivity contribution is 7.99. The molecular formula is C12H16F3NS. The molecule has 17 heavy (non-hydrogen) atoms. The Morgan fingerprint density at radius 3 is 2.29 bits per heavy atom. The number of benzene rings is 1. The maximum atomic E-state index is 12.0. The maximum absolute atomic E-state index is 12.0. The predicted molar refractivity (Wildman–Crippen MR) is 65.1 cm³/mol. The van der Waals surface area contributed by atoms with Crippen LogP contribution in [0.2, 0.25) is 0 Å². The van der Waals surface area contributed by atoms with Crippen LogP contribution < -0.4 is 5.73 Å². The van der Waals surface area contributed by atoms with E-state index < -0.39 is 18.6 Å². The van der Waals surface area contributed by atoms with Gasteiger partial charge in [-0.1, -0.05) is 19.1 Å². The van der Waals surface area contributed by atoms with Crippen molar-refractivity contribution in [2.24, 2.45) is 5.73 Å². The highest BCUT2D eigenvalue weighted by Gasteiger charge is 2.27. The van der Waals surface area contributed by atoms with Gasteiger partial charge in [0.2, 0.25) is 0 Å². The number of nitrogens with two attached hydrogens (primary N) is 1. The van der Waals surface area contributed by atoms with E-state index in [0.717, 1.165) is 16.2 Å². The lowest BCUT2D eigenvalue weighted by molar-refractivity contribution is -0.136. The third-order valence-corrected chi connectivity index (χ3v) is 3.25. The van der Waals surface area contributed by atoms with E-state index in [-0.39, 0.29) is 6.42 Å². The molecular weight excluding hydrogens is 247 g/mol. The van der Waals surface area contributed by atoms with E-state index in [1.165, 1.54) is 0 Å². The molecule has 5 heteroatoms. The summed E-state index contributed by atoms with van der Waals surface area (Å²) in [6.07, 6.45) is -5.03. The summed E-state index contributed by atoms with van der Waals surface area (Å²) in [4.78, 5) is 1.11. The van der Waals surface area contributed by atoms with Gasteiger partial charge >= 0.3 is 6.18 Å². The Morgan fingerprint density at radius 1 is 1.24 bits per heavy atom. The SMILES string of the molecule is CCSc1ccc([C@@H](N)CCC(F)(F)F)cc1. The van der Waals surface area contributed by atoms with Gasteiger partial charge in [0.05, 0.1) is 0 Å². The summed E-state index contributed by atoms with van der Waals surface area (Å²) in [7, 11) is 0. The number of hydrogen-bond donors (Lipinski definition) is 1. The molecule has 0 aliphatic heterocycles. The molecule has 0 aliphatic rings. The van der Waals surface area contributed by atoms with Crippen LogP contribution in [0.1, 0.15) is 31.4 Å². The van der Waals surface area contributed by atoms with Crippen LogP contribution in [-0.2, 0) is 0 Å². The second kappa shape index (κ2) is 6.31. The van der Waals surface area contributed by atoms with Crippen LogP contribution in [0.15, 0.2) is 29.2 Å². The first kappa shape index (κ1) is 14.4. The fourth-order valence-corrected chi connectivity index (χ4v) is 2.13. The van der Waals surface area contributed by atoms with Gasteiger partial charge in [-0.05, 0) is 29.9 Å². The van der Waals surface area contributed by atoms with Gasteiger partial charge in [-0.3, -0.25) is 0 Å². The lowest BCUT2D eigenvalue weighted by Crippen LogP contribution is -2.15. The monoisotopic (exact) mass is 263 g/mol. The molecule has 1 aromatic carbocycles. The van der Waals surface area contributed by atoms with E-state index in [9.17, 15) is 13.2 Å². The second-order valence-corrected chi connectivity index (χ2v) is 5.10. The van der Waals surface area contributed by atoms with Crippen LogP contribution in [0.3, 0.4) is 0 Å². The van der Waals surface area contributed by atoms with Gasteiger partial charge in [0.1, 0.15) is 0 Å². The Hall–Kier alpha value is -0.680. The van der Waals surface area contributed by atoms with E-state index in [1.807, 2.05) is 19.1 Å². The van der Waals surface area contributed by atoms with Crippen molar-refractivity contribution >= 4 is 11.8 Å². The molecule has 0 aliphatic carbocycles. The largest absolute Gasteiger partial charge is 0.389 e. The average Bonchev–Trinajstić information content (AvgIpc) is 2.26. The molecule has 0 fully saturated rings. The van der Waals surface area contributed by atoms with Gasteiger partial charge in [-0.15, -0.1) is 11.8 Å². The summed E-state index contributed by atoms with van der Waals surface area (Å²) < 4.78 is 36.1. The minimum absolute atomic E-state index is 0.0657. The molecule has 0 spiro atoms. The molecule has 1 atom stereocenters. The quantitative estimate of drug-likeness (QED) is 0.808. The van der Waals surface area contributed by atoms with Crippen molar-refractivity contribution in [1.29, 1.82) is 0 Å². The molecule has 1 nitrogen and oxygen atoms in total. The molecule has 0 saturated heterocycles. The summed E-state index contributed by atoms with van der Waals surface area (Å²) >= 11 is 1.69. The van der Waals surface area contributed by atoms with Gasteiger partial charge in [0.15, 0.2) is 0 Å². The summed E-state index contributed by atoms with van der Waals surface area (Å²) in [5.41, 5.74) is 6.48. The van der Waals surface area contributed by atoms with Gasteiger partial charge < -0.3 is 5.73 Å². The molecule has 0 aromatic heterocycles. The minimum atomic E-state index is -4.13. The van der Waals surface area contributed by atoms with E-state index in [1.54, 1.807) is 23.9 Å². The molecule has 0 saturated carbocycles. The van der Waals surface area contributed by atoms with E-state index in [0.29, 0.717) is 0 Å². The Kier molecular flexibility index (Phi) is 5.33. The first-order valence-corrected chi connectivity index (χ1v) is 6.46. The molecule has 96 valence electrons. The lowest BCUT2D eigenvalue weighted by Gasteiger charge is -2.13. The van der Waals surface area contributed by atoms with Crippen molar-refractivity contribution in [1.82, 2.24) is 0 Å². The third kappa shape index (κ3) is 5.46. The molecule has 1 aromatic rings. The second-order valence-electron chi connectivity index (χ2n) is 3.76. The summed E-state index contributed by atoms with van der Waals surface area (Å²) in [5, 5.41) is 0. The molecule has 1 rings (SSSR count). The van der Waals surface area contributed by atoms with Crippen molar-refractivity contribution in [3.8, 4) is 0 Å². The van der Waals surface area contributed by atoms with Crippen LogP contribution in [-0.4, -0.2) is 11.9 Å². The van der Waals surface area contributed by atoms with E-state index >= 15 is 0 Å². The van der Waals surface area contributed by atoms with Crippen molar-refractivity contribution < 1.29 is 13.2 Å². The third-order valence-electron chi connectivity index (χ3n) is 2.36. The number of hydrogen-bond acceptors (Lipinski definition) is 2. The van der Waals surface area contributed by atoms with Crippen LogP contribution in [0.5, 0.6) is 0 Å². The first-order valence-electron chi connectivity index (χ1n) is 5.47. The molecule has 0 bridgehead atoms. The topological polar surface area (TPSA) is 26.0 Å². The zero-order chi connectivity index (χ0) is 12.9. The Bertz CT molecular complexity index is 335. The van der Waals surface area contributed by atoms with Crippen LogP contribution in [0, 0.1) is 0 Å². The highest BCUT2D eigenvalue weighted by Crippen LogP contribution is 2.27. The molecule has 0 heterocycles. The average molecular weight is 263 g/mol. The minimum Gasteiger partial charge on any atom is -0.324 e. The van der Waals surface area contributed by atoms with Gasteiger partial charge in [0.25, 0.3) is 0 Å². The van der Waals surface area contributed by atoms with Gasteiger partial charge in [-0.25, -0.2) is 0 Å². The van der Waals surface area contributed by atoms with Crippen molar-refractivity contribution in [2.75, 3.05) is 5.75 Å². The summed E-state index contributed by atoms with van der Waals surface area (Å²) in [6.45, 7) is 2.05. The van der Waals surface area contributed by atoms with Crippen LogP contribution in [0.4, 0.5) is 13.2 Å². The molecule has 0 unspecified atom stereocenters. The lowest BCUT2D eigenvalue weighted by atomic mass is 10.0. The molecule has 0 radical (unpaired) electrons. The zero-order valence-corrected chi connectivity index (χ0v) is 10.4. The highest BCUT2D eigenvalue weighted by atomic mass is 32.2. The first-order chi connectivity index (χ1) is 7.92. The van der Waals surface area contributed by atoms with Gasteiger partial charge in [-0.2, -0.15) is 13.2 Å². The smallest absolute Gasteiger partial charge is 0.324 e. The van der Waals surface area contributed by atoms with Gasteiger partial charge in [0, 0.05) is 17.4 Å². The normalized spacial score (nSPS) is 13.7. The van der Waals surface area contributed by atoms with Crippen LogP contribution in [0.25, 0.3) is 0 Å². The number of thioether (sulfide) groups is 1. The van der Waals surface area contributed by atoms with Crippen LogP contribution >= 0.6 is 11.8 Å². The maximum Gasteiger partial charge on any atom is 0.389 e. The fourth-order valence-electron chi connectivity index (χ4n) is 1.46. The number of rotatable bonds is 5. The molecule has 0 amide bonds. The summed E-state index contributed by atoms with van der Waals surface area (Å²) in [5.74, 6) is 0.972. The summed E-state index contributed by atoms with van der Waals surface area (Å²) in [6, 6.07) is 6.86. The van der Waals surface area contributed by atoms with Crippen molar-refractivity contribution in [3.63, 3.8) is 0 Å². The fraction of sp³-hybridized carbons (Fsp3) is 0.500. The number of alkyl halides is 3. The van der Waals surface area contributed by atoms with Crippen molar-refractivity contribution in [2.45, 2.75) is 36.9 Å². The Labute approximate surface area is 104 Å². The zero-order valence-electron chi connectivity index (χ0n) is 9.63. The molecule has 2 N–H and O–H groups in total. The Balaban J connectivity index is 2.54.